The van der Waals surface area contributed by atoms with Gasteiger partial charge in [-0.05, 0) is 65.8 Å². The lowest BCUT2D eigenvalue weighted by Gasteiger charge is -2.39. The summed E-state index contributed by atoms with van der Waals surface area (Å²) in [6, 6.07) is 14.6. The van der Waals surface area contributed by atoms with Gasteiger partial charge in [0.25, 0.3) is 23.6 Å². The van der Waals surface area contributed by atoms with Gasteiger partial charge in [-0.3, -0.25) is 29.1 Å². The Morgan fingerprint density at radius 3 is 1.37 bits per heavy atom. The van der Waals surface area contributed by atoms with Crippen LogP contribution in [0.15, 0.2) is 60.9 Å². The first-order valence-electron chi connectivity index (χ1n) is 17.9. The Labute approximate surface area is 314 Å². The van der Waals surface area contributed by atoms with Crippen molar-refractivity contribution < 1.29 is 28.7 Å². The van der Waals surface area contributed by atoms with Crippen LogP contribution in [-0.2, 0) is 19.1 Å². The van der Waals surface area contributed by atoms with Crippen molar-refractivity contribution >= 4 is 45.7 Å². The molecule has 0 unspecified atom stereocenters. The number of nitrogens with one attached hydrogen (secondary N) is 6. The minimum absolute atomic E-state index is 0.0446. The van der Waals surface area contributed by atoms with Gasteiger partial charge in [0.05, 0.1) is 47.7 Å². The monoisotopic (exact) mass is 742 g/mol. The van der Waals surface area contributed by atoms with Crippen LogP contribution in [0, 0.1) is 0 Å². The molecule has 4 amide bonds. The molecule has 5 rings (SSSR count). The molecule has 0 spiro atoms. The van der Waals surface area contributed by atoms with Crippen molar-refractivity contribution in [1.82, 2.24) is 51.8 Å². The molecule has 6 N–H and O–H groups in total. The zero-order valence-corrected chi connectivity index (χ0v) is 31.7. The molecule has 0 radical (unpaired) electrons. The molecule has 16 heteroatoms. The second-order valence-electron chi connectivity index (χ2n) is 15.0. The van der Waals surface area contributed by atoms with E-state index in [1.807, 2.05) is 64.1 Å². The van der Waals surface area contributed by atoms with Crippen LogP contribution >= 0.6 is 0 Å². The fourth-order valence-corrected chi connectivity index (χ4v) is 5.78. The van der Waals surface area contributed by atoms with Crippen molar-refractivity contribution in [1.29, 1.82) is 0 Å². The van der Waals surface area contributed by atoms with Gasteiger partial charge in [-0.25, -0.2) is 9.97 Å². The molecule has 16 nitrogen and oxygen atoms in total. The molecule has 1 aliphatic heterocycles. The molecule has 1 fully saturated rings. The summed E-state index contributed by atoms with van der Waals surface area (Å²) >= 11 is 0. The van der Waals surface area contributed by atoms with E-state index in [4.69, 9.17) is 9.47 Å². The lowest BCUT2D eigenvalue weighted by atomic mass is 9.97. The fourth-order valence-electron chi connectivity index (χ4n) is 5.78. The third-order valence-corrected chi connectivity index (χ3v) is 8.90. The Bertz CT molecular complexity index is 1850. The van der Waals surface area contributed by atoms with Gasteiger partial charge >= 0.3 is 0 Å². The average molecular weight is 743 g/mol. The molecule has 0 saturated carbocycles. The molecule has 3 heterocycles. The number of hydrogen-bond donors (Lipinski definition) is 6. The minimum atomic E-state index is -1.32. The third kappa shape index (κ3) is 10.5. The maximum Gasteiger partial charge on any atom is 0.271 e. The van der Waals surface area contributed by atoms with Crippen LogP contribution in [0.3, 0.4) is 0 Å². The van der Waals surface area contributed by atoms with Crippen molar-refractivity contribution in [3.05, 3.63) is 72.3 Å². The molecular weight excluding hydrogens is 692 g/mol. The highest BCUT2D eigenvalue weighted by Crippen LogP contribution is 2.17. The number of carbonyl (C=O) groups is 4. The van der Waals surface area contributed by atoms with Gasteiger partial charge in [0, 0.05) is 50.3 Å². The van der Waals surface area contributed by atoms with Crippen LogP contribution in [-0.4, -0.2) is 118 Å². The Hall–Kier alpha value is -5.16. The average Bonchev–Trinajstić information content (AvgIpc) is 3.13. The topological polar surface area (TPSA) is 210 Å². The zero-order chi connectivity index (χ0) is 39.0. The van der Waals surface area contributed by atoms with Gasteiger partial charge in [-0.1, -0.05) is 24.3 Å². The molecule has 2 aromatic carbocycles. The van der Waals surface area contributed by atoms with Gasteiger partial charge < -0.3 is 41.4 Å². The van der Waals surface area contributed by atoms with Crippen molar-refractivity contribution in [2.75, 3.05) is 52.5 Å². The van der Waals surface area contributed by atoms with Crippen LogP contribution in [0.25, 0.3) is 22.1 Å². The first-order chi connectivity index (χ1) is 25.6. The van der Waals surface area contributed by atoms with E-state index in [0.29, 0.717) is 22.1 Å². The summed E-state index contributed by atoms with van der Waals surface area (Å²) in [5.74, 6) is -1.51. The van der Waals surface area contributed by atoms with Gasteiger partial charge in [0.1, 0.15) is 11.4 Å². The van der Waals surface area contributed by atoms with Crippen molar-refractivity contribution in [2.24, 2.45) is 0 Å². The number of fused-ring (bicyclic) bond motifs is 2. The Kier molecular flexibility index (Phi) is 12.5. The van der Waals surface area contributed by atoms with Crippen LogP contribution < -0.4 is 31.9 Å². The number of ether oxygens (including phenoxy) is 2. The molecule has 4 aromatic rings. The number of rotatable bonds is 10. The van der Waals surface area contributed by atoms with E-state index in [-0.39, 0.29) is 75.7 Å². The number of para-hydroxylation sites is 4. The summed E-state index contributed by atoms with van der Waals surface area (Å²) < 4.78 is 12.3. The lowest BCUT2D eigenvalue weighted by Crippen LogP contribution is -2.65. The summed E-state index contributed by atoms with van der Waals surface area (Å²) in [6.07, 6.45) is 2.84. The number of hydrogen-bond acceptors (Lipinski definition) is 12. The molecule has 0 aliphatic carbocycles. The highest BCUT2D eigenvalue weighted by atomic mass is 16.5. The molecule has 2 atom stereocenters. The zero-order valence-electron chi connectivity index (χ0n) is 31.7. The second kappa shape index (κ2) is 16.9. The van der Waals surface area contributed by atoms with E-state index in [9.17, 15) is 19.2 Å². The van der Waals surface area contributed by atoms with Crippen LogP contribution in [0.4, 0.5) is 0 Å². The largest absolute Gasteiger partial charge is 0.362 e. The Morgan fingerprint density at radius 2 is 0.981 bits per heavy atom. The summed E-state index contributed by atoms with van der Waals surface area (Å²) in [4.78, 5) is 70.5. The van der Waals surface area contributed by atoms with Crippen LogP contribution in [0.5, 0.6) is 0 Å². The van der Waals surface area contributed by atoms with Crippen LogP contribution in [0.2, 0.25) is 0 Å². The number of nitrogens with zero attached hydrogens (tertiary/aromatic N) is 4. The SMILES string of the molecule is CC1(C)CNC[C@](C)(OCCNC(=O)c2cnc3ccccc3n2)C(=O)NC(C)(C)CNC[C@@](C)(OCCNC(=O)c2cnc3ccccc3n2)C(=O)N1. The summed E-state index contributed by atoms with van der Waals surface area (Å²) in [7, 11) is 0. The summed E-state index contributed by atoms with van der Waals surface area (Å²) in [5.41, 5.74) is -1.22. The minimum Gasteiger partial charge on any atom is -0.362 e. The van der Waals surface area contributed by atoms with Crippen molar-refractivity contribution in [3.63, 3.8) is 0 Å². The maximum atomic E-state index is 13.8. The third-order valence-electron chi connectivity index (χ3n) is 8.90. The second-order valence-corrected chi connectivity index (χ2v) is 15.0. The number of benzene rings is 2. The van der Waals surface area contributed by atoms with Gasteiger partial charge in [-0.2, -0.15) is 0 Å². The van der Waals surface area contributed by atoms with E-state index in [1.54, 1.807) is 26.0 Å². The van der Waals surface area contributed by atoms with Crippen molar-refractivity contribution in [3.8, 4) is 0 Å². The fraction of sp³-hybridized carbons (Fsp3) is 0.474. The maximum absolute atomic E-state index is 13.8. The summed E-state index contributed by atoms with van der Waals surface area (Å²) in [6.45, 7) is 11.9. The van der Waals surface area contributed by atoms with E-state index in [0.717, 1.165) is 0 Å². The van der Waals surface area contributed by atoms with E-state index in [1.165, 1.54) is 12.4 Å². The van der Waals surface area contributed by atoms with Crippen molar-refractivity contribution in [2.45, 2.75) is 63.8 Å². The molecule has 1 aliphatic rings. The van der Waals surface area contributed by atoms with E-state index >= 15 is 0 Å². The molecule has 54 heavy (non-hydrogen) atoms. The molecule has 1 saturated heterocycles. The van der Waals surface area contributed by atoms with E-state index < -0.39 is 34.1 Å². The molecule has 0 bridgehead atoms. The number of amides is 4. The Balaban J connectivity index is 1.16. The summed E-state index contributed by atoms with van der Waals surface area (Å²) in [5, 5.41) is 18.3. The molecule has 2 aromatic heterocycles. The highest BCUT2D eigenvalue weighted by Gasteiger charge is 2.41. The highest BCUT2D eigenvalue weighted by molar-refractivity contribution is 5.94. The number of carbonyl (C=O) groups excluding carboxylic acids is 4. The number of aromatic nitrogens is 4. The Morgan fingerprint density at radius 1 is 0.611 bits per heavy atom. The quantitative estimate of drug-likeness (QED) is 0.127. The molecule has 288 valence electrons. The first-order valence-corrected chi connectivity index (χ1v) is 17.9. The predicted molar refractivity (Wildman–Crippen MR) is 203 cm³/mol. The standard InChI is InChI=1S/C38H50N10O6/c1-35(2)21-39-23-38(6,54-18-16-42-32(50)30-20-44-26-12-8-10-14-28(26)46-30)34(52)48-36(3,4)22-40-24-37(5,33(51)47-35)53-17-15-41-31(49)29-19-43-25-11-7-9-13-27(25)45-29/h7-14,19-20,39-40H,15-18,21-24H2,1-6H3,(H,41,49)(H,42,50)(H,47,51)(H,48,52)/t37-,38+. The van der Waals surface area contributed by atoms with Gasteiger partial charge in [0.2, 0.25) is 0 Å². The van der Waals surface area contributed by atoms with Gasteiger partial charge in [0.15, 0.2) is 11.2 Å². The lowest BCUT2D eigenvalue weighted by molar-refractivity contribution is -0.148. The smallest absolute Gasteiger partial charge is 0.271 e. The normalized spacial score (nSPS) is 22.1. The van der Waals surface area contributed by atoms with E-state index in [2.05, 4.69) is 51.8 Å². The molecular formula is C38H50N10O6. The first kappa shape index (κ1) is 40.0. The van der Waals surface area contributed by atoms with Gasteiger partial charge in [-0.15, -0.1) is 0 Å². The predicted octanol–water partition coefficient (Wildman–Crippen LogP) is 1.27. The van der Waals surface area contributed by atoms with Crippen LogP contribution in [0.1, 0.15) is 62.5 Å².